The van der Waals surface area contributed by atoms with Gasteiger partial charge < -0.3 is 10.2 Å². The van der Waals surface area contributed by atoms with E-state index in [9.17, 15) is 9.59 Å². The fraction of sp³-hybridized carbons (Fsp3) is 0.176. The molecule has 0 saturated heterocycles. The molecular formula is C17H18N2O2. The van der Waals surface area contributed by atoms with Crippen LogP contribution in [0.15, 0.2) is 48.5 Å². The molecule has 0 aliphatic rings. The summed E-state index contributed by atoms with van der Waals surface area (Å²) >= 11 is 0. The molecule has 0 atom stereocenters. The summed E-state index contributed by atoms with van der Waals surface area (Å²) in [6.45, 7) is 1.90. The van der Waals surface area contributed by atoms with Crippen molar-refractivity contribution < 1.29 is 9.59 Å². The largest absolute Gasteiger partial charge is 0.345 e. The minimum Gasteiger partial charge on any atom is -0.345 e. The van der Waals surface area contributed by atoms with E-state index in [1.165, 1.54) is 4.90 Å². The normalized spacial score (nSPS) is 10.0. The predicted octanol–water partition coefficient (Wildman–Crippen LogP) is 2.95. The molecule has 2 amide bonds. The molecule has 2 rings (SSSR count). The number of rotatable bonds is 3. The highest BCUT2D eigenvalue weighted by molar-refractivity contribution is 6.05. The van der Waals surface area contributed by atoms with E-state index in [4.69, 9.17) is 0 Å². The molecule has 0 unspecified atom stereocenters. The Morgan fingerprint density at radius 1 is 0.952 bits per heavy atom. The van der Waals surface area contributed by atoms with Gasteiger partial charge in [0.2, 0.25) is 0 Å². The van der Waals surface area contributed by atoms with Gasteiger partial charge in [-0.15, -0.1) is 0 Å². The van der Waals surface area contributed by atoms with Gasteiger partial charge >= 0.3 is 0 Å². The van der Waals surface area contributed by atoms with Crippen molar-refractivity contribution in [2.24, 2.45) is 0 Å². The Labute approximate surface area is 124 Å². The van der Waals surface area contributed by atoms with E-state index >= 15 is 0 Å². The predicted molar refractivity (Wildman–Crippen MR) is 83.6 cm³/mol. The van der Waals surface area contributed by atoms with Gasteiger partial charge in [-0.2, -0.15) is 0 Å². The number of aryl methyl sites for hydroxylation is 1. The average Bonchev–Trinajstić information content (AvgIpc) is 2.47. The quantitative estimate of drug-likeness (QED) is 0.941. The van der Waals surface area contributed by atoms with Crippen LogP contribution in [0.2, 0.25) is 0 Å². The standard InChI is InChI=1S/C17H18N2O2/c1-12-6-4-5-7-15(12)16(20)18-14-10-8-13(9-11-14)17(21)19(2)3/h4-11H,1-3H3,(H,18,20). The minimum atomic E-state index is -0.153. The first-order chi connectivity index (χ1) is 9.99. The molecule has 0 aromatic heterocycles. The fourth-order valence-electron chi connectivity index (χ4n) is 1.98. The first-order valence-corrected chi connectivity index (χ1v) is 6.67. The third kappa shape index (κ3) is 3.48. The van der Waals surface area contributed by atoms with E-state index in [1.54, 1.807) is 44.4 Å². The Bertz CT molecular complexity index is 661. The van der Waals surface area contributed by atoms with Crippen molar-refractivity contribution in [1.29, 1.82) is 0 Å². The van der Waals surface area contributed by atoms with Crippen molar-refractivity contribution >= 4 is 17.5 Å². The monoisotopic (exact) mass is 282 g/mol. The first kappa shape index (κ1) is 14.8. The Balaban J connectivity index is 2.12. The van der Waals surface area contributed by atoms with Crippen molar-refractivity contribution in [2.75, 3.05) is 19.4 Å². The second-order valence-corrected chi connectivity index (χ2v) is 5.05. The van der Waals surface area contributed by atoms with Crippen LogP contribution in [-0.2, 0) is 0 Å². The highest BCUT2D eigenvalue weighted by atomic mass is 16.2. The number of hydrogen-bond donors (Lipinski definition) is 1. The smallest absolute Gasteiger partial charge is 0.255 e. The molecule has 0 radical (unpaired) electrons. The maximum absolute atomic E-state index is 12.2. The number of hydrogen-bond acceptors (Lipinski definition) is 2. The van der Waals surface area contributed by atoms with Crippen LogP contribution in [0.4, 0.5) is 5.69 Å². The van der Waals surface area contributed by atoms with Gasteiger partial charge in [-0.1, -0.05) is 18.2 Å². The summed E-state index contributed by atoms with van der Waals surface area (Å²) in [4.78, 5) is 25.5. The van der Waals surface area contributed by atoms with E-state index in [-0.39, 0.29) is 11.8 Å². The second-order valence-electron chi connectivity index (χ2n) is 5.05. The van der Waals surface area contributed by atoms with Crippen LogP contribution in [0.5, 0.6) is 0 Å². The van der Waals surface area contributed by atoms with Crippen LogP contribution in [0, 0.1) is 6.92 Å². The molecule has 0 spiro atoms. The van der Waals surface area contributed by atoms with Gasteiger partial charge in [-0.25, -0.2) is 0 Å². The number of anilines is 1. The van der Waals surface area contributed by atoms with Gasteiger partial charge in [0.15, 0.2) is 0 Å². The zero-order chi connectivity index (χ0) is 15.4. The fourth-order valence-corrected chi connectivity index (χ4v) is 1.98. The third-order valence-corrected chi connectivity index (χ3v) is 3.19. The van der Waals surface area contributed by atoms with Gasteiger partial charge in [0, 0.05) is 30.9 Å². The van der Waals surface area contributed by atoms with E-state index in [0.29, 0.717) is 16.8 Å². The molecule has 0 aliphatic carbocycles. The molecular weight excluding hydrogens is 264 g/mol. The lowest BCUT2D eigenvalue weighted by molar-refractivity contribution is 0.0827. The number of nitrogens with one attached hydrogen (secondary N) is 1. The van der Waals surface area contributed by atoms with Crippen molar-refractivity contribution in [3.05, 3.63) is 65.2 Å². The Hall–Kier alpha value is -2.62. The SMILES string of the molecule is Cc1ccccc1C(=O)Nc1ccc(C(=O)N(C)C)cc1. The molecule has 108 valence electrons. The lowest BCUT2D eigenvalue weighted by Crippen LogP contribution is -2.21. The molecule has 0 aliphatic heterocycles. The van der Waals surface area contributed by atoms with E-state index in [1.807, 2.05) is 25.1 Å². The maximum atomic E-state index is 12.2. The summed E-state index contributed by atoms with van der Waals surface area (Å²) in [5.41, 5.74) is 2.83. The van der Waals surface area contributed by atoms with Crippen LogP contribution in [0.1, 0.15) is 26.3 Å². The van der Waals surface area contributed by atoms with Crippen LogP contribution in [0.25, 0.3) is 0 Å². The maximum Gasteiger partial charge on any atom is 0.255 e. The van der Waals surface area contributed by atoms with Crippen LogP contribution in [0.3, 0.4) is 0 Å². The lowest BCUT2D eigenvalue weighted by atomic mass is 10.1. The second kappa shape index (κ2) is 6.22. The summed E-state index contributed by atoms with van der Waals surface area (Å²) in [6, 6.07) is 14.3. The van der Waals surface area contributed by atoms with Crippen LogP contribution in [-0.4, -0.2) is 30.8 Å². The van der Waals surface area contributed by atoms with Crippen LogP contribution < -0.4 is 5.32 Å². The first-order valence-electron chi connectivity index (χ1n) is 6.67. The highest BCUT2D eigenvalue weighted by Crippen LogP contribution is 2.14. The van der Waals surface area contributed by atoms with E-state index in [2.05, 4.69) is 5.32 Å². The Morgan fingerprint density at radius 2 is 1.57 bits per heavy atom. The van der Waals surface area contributed by atoms with Crippen molar-refractivity contribution in [2.45, 2.75) is 6.92 Å². The molecule has 21 heavy (non-hydrogen) atoms. The van der Waals surface area contributed by atoms with Crippen molar-refractivity contribution in [1.82, 2.24) is 4.90 Å². The molecule has 0 bridgehead atoms. The van der Waals surface area contributed by atoms with Crippen molar-refractivity contribution in [3.8, 4) is 0 Å². The molecule has 2 aromatic rings. The van der Waals surface area contributed by atoms with Gasteiger partial charge in [-0.3, -0.25) is 9.59 Å². The molecule has 0 fully saturated rings. The number of nitrogens with zero attached hydrogens (tertiary/aromatic N) is 1. The number of carbonyl (C=O) groups excluding carboxylic acids is 2. The van der Waals surface area contributed by atoms with E-state index in [0.717, 1.165) is 5.56 Å². The van der Waals surface area contributed by atoms with Gasteiger partial charge in [0.25, 0.3) is 11.8 Å². The zero-order valence-electron chi connectivity index (χ0n) is 12.4. The van der Waals surface area contributed by atoms with Gasteiger partial charge in [0.1, 0.15) is 0 Å². The van der Waals surface area contributed by atoms with Gasteiger partial charge in [0.05, 0.1) is 0 Å². The van der Waals surface area contributed by atoms with E-state index < -0.39 is 0 Å². The van der Waals surface area contributed by atoms with Gasteiger partial charge in [-0.05, 0) is 42.8 Å². The summed E-state index contributed by atoms with van der Waals surface area (Å²) in [7, 11) is 3.41. The molecule has 4 heteroatoms. The molecule has 0 saturated carbocycles. The minimum absolute atomic E-state index is 0.0632. The highest BCUT2D eigenvalue weighted by Gasteiger charge is 2.10. The number of amides is 2. The summed E-state index contributed by atoms with van der Waals surface area (Å²) in [5.74, 6) is -0.216. The summed E-state index contributed by atoms with van der Waals surface area (Å²) < 4.78 is 0. The molecule has 4 nitrogen and oxygen atoms in total. The van der Waals surface area contributed by atoms with Crippen LogP contribution >= 0.6 is 0 Å². The topological polar surface area (TPSA) is 49.4 Å². The zero-order valence-corrected chi connectivity index (χ0v) is 12.4. The molecule has 1 N–H and O–H groups in total. The Kier molecular flexibility index (Phi) is 4.38. The third-order valence-electron chi connectivity index (χ3n) is 3.19. The summed E-state index contributed by atoms with van der Waals surface area (Å²) in [6.07, 6.45) is 0. The Morgan fingerprint density at radius 3 is 2.14 bits per heavy atom. The lowest BCUT2D eigenvalue weighted by Gasteiger charge is -2.11. The average molecular weight is 282 g/mol. The molecule has 2 aromatic carbocycles. The molecule has 0 heterocycles. The number of benzene rings is 2. The van der Waals surface area contributed by atoms with Crippen molar-refractivity contribution in [3.63, 3.8) is 0 Å². The number of carbonyl (C=O) groups is 2. The summed E-state index contributed by atoms with van der Waals surface area (Å²) in [5, 5.41) is 2.83.